The molecule has 1 nitrogen and oxygen atoms in total. The summed E-state index contributed by atoms with van der Waals surface area (Å²) < 4.78 is 13.1. The number of hydrogen-bond donors (Lipinski definition) is 1. The number of rotatable bonds is 2. The van der Waals surface area contributed by atoms with Crippen molar-refractivity contribution in [3.63, 3.8) is 0 Å². The number of aliphatic hydroxyl groups excluding tert-OH is 1. The molecule has 1 unspecified atom stereocenters. The van der Waals surface area contributed by atoms with Gasteiger partial charge in [0.05, 0.1) is 0 Å². The molecule has 0 saturated heterocycles. The van der Waals surface area contributed by atoms with Gasteiger partial charge in [-0.05, 0) is 42.1 Å². The Morgan fingerprint density at radius 3 is 2.75 bits per heavy atom. The molecule has 1 aromatic heterocycles. The van der Waals surface area contributed by atoms with Crippen LogP contribution in [0, 0.1) is 12.7 Å². The second-order valence-corrected chi connectivity index (χ2v) is 4.89. The first kappa shape index (κ1) is 11.6. The minimum Gasteiger partial charge on any atom is -0.383 e. The second kappa shape index (κ2) is 4.53. The van der Waals surface area contributed by atoms with Crippen LogP contribution in [0.1, 0.15) is 22.1 Å². The van der Waals surface area contributed by atoms with Gasteiger partial charge in [0.2, 0.25) is 0 Å². The van der Waals surface area contributed by atoms with Crippen molar-refractivity contribution in [2.75, 3.05) is 0 Å². The Morgan fingerprint density at radius 1 is 1.38 bits per heavy atom. The van der Waals surface area contributed by atoms with Crippen molar-refractivity contribution in [3.05, 3.63) is 56.5 Å². The van der Waals surface area contributed by atoms with E-state index in [1.54, 1.807) is 0 Å². The zero-order valence-corrected chi connectivity index (χ0v) is 10.1. The van der Waals surface area contributed by atoms with Crippen molar-refractivity contribution >= 4 is 22.9 Å². The maximum Gasteiger partial charge on any atom is 0.123 e. The van der Waals surface area contributed by atoms with Crippen LogP contribution in [-0.4, -0.2) is 5.11 Å². The highest BCUT2D eigenvalue weighted by Crippen LogP contribution is 2.33. The molecular weight excluding hydrogens is 247 g/mol. The maximum atomic E-state index is 13.1. The summed E-state index contributed by atoms with van der Waals surface area (Å²) in [5.74, 6) is -0.396. The fourth-order valence-electron chi connectivity index (χ4n) is 1.53. The molecule has 1 atom stereocenters. The van der Waals surface area contributed by atoms with E-state index < -0.39 is 11.9 Å². The average molecular weight is 257 g/mol. The lowest BCUT2D eigenvalue weighted by molar-refractivity contribution is 0.223. The standard InChI is InChI=1S/C12H10ClFOS/c1-7-4-5-16-12(7)11(15)9-6-8(14)2-3-10(9)13/h2-6,11,15H,1H3. The highest BCUT2D eigenvalue weighted by Gasteiger charge is 2.17. The highest BCUT2D eigenvalue weighted by atomic mass is 35.5. The molecule has 4 heteroatoms. The van der Waals surface area contributed by atoms with Crippen molar-refractivity contribution in [2.24, 2.45) is 0 Å². The first-order chi connectivity index (χ1) is 7.59. The number of benzene rings is 1. The normalized spacial score (nSPS) is 12.8. The summed E-state index contributed by atoms with van der Waals surface area (Å²) in [6, 6.07) is 5.92. The predicted octanol–water partition coefficient (Wildman–Crippen LogP) is 3.93. The number of thiophene rings is 1. The molecule has 0 bridgehead atoms. The van der Waals surface area contributed by atoms with Gasteiger partial charge in [0, 0.05) is 15.5 Å². The average Bonchev–Trinajstić information content (AvgIpc) is 2.67. The van der Waals surface area contributed by atoms with E-state index >= 15 is 0 Å². The fourth-order valence-corrected chi connectivity index (χ4v) is 2.68. The van der Waals surface area contributed by atoms with Gasteiger partial charge in [-0.1, -0.05) is 11.6 Å². The molecule has 0 aliphatic heterocycles. The Morgan fingerprint density at radius 2 is 2.12 bits per heavy atom. The summed E-state index contributed by atoms with van der Waals surface area (Å²) in [4.78, 5) is 0.799. The van der Waals surface area contributed by atoms with Gasteiger partial charge >= 0.3 is 0 Å². The lowest BCUT2D eigenvalue weighted by Gasteiger charge is -2.12. The van der Waals surface area contributed by atoms with Crippen LogP contribution < -0.4 is 0 Å². The van der Waals surface area contributed by atoms with E-state index in [9.17, 15) is 9.50 Å². The van der Waals surface area contributed by atoms with E-state index in [0.29, 0.717) is 10.6 Å². The van der Waals surface area contributed by atoms with Gasteiger partial charge in [0.25, 0.3) is 0 Å². The molecule has 1 N–H and O–H groups in total. The first-order valence-electron chi connectivity index (χ1n) is 4.76. The van der Waals surface area contributed by atoms with Crippen molar-refractivity contribution in [1.82, 2.24) is 0 Å². The van der Waals surface area contributed by atoms with Crippen molar-refractivity contribution in [3.8, 4) is 0 Å². The third-order valence-corrected chi connectivity index (χ3v) is 3.82. The number of aliphatic hydroxyl groups is 1. The van der Waals surface area contributed by atoms with Crippen LogP contribution in [0.5, 0.6) is 0 Å². The number of hydrogen-bond acceptors (Lipinski definition) is 2. The molecule has 0 amide bonds. The van der Waals surface area contributed by atoms with Gasteiger partial charge in [-0.2, -0.15) is 0 Å². The molecule has 0 aliphatic rings. The van der Waals surface area contributed by atoms with Crippen molar-refractivity contribution in [1.29, 1.82) is 0 Å². The van der Waals surface area contributed by atoms with Crippen LogP contribution in [0.25, 0.3) is 0 Å². The van der Waals surface area contributed by atoms with Gasteiger partial charge in [-0.25, -0.2) is 4.39 Å². The molecule has 1 aromatic carbocycles. The van der Waals surface area contributed by atoms with E-state index in [1.165, 1.54) is 29.5 Å². The molecule has 84 valence electrons. The molecule has 0 spiro atoms. The van der Waals surface area contributed by atoms with Gasteiger partial charge < -0.3 is 5.11 Å². The van der Waals surface area contributed by atoms with Crippen molar-refractivity contribution < 1.29 is 9.50 Å². The zero-order valence-electron chi connectivity index (χ0n) is 8.58. The molecule has 1 heterocycles. The maximum absolute atomic E-state index is 13.1. The summed E-state index contributed by atoms with van der Waals surface area (Å²) >= 11 is 7.37. The Labute approximate surface area is 102 Å². The fraction of sp³-hybridized carbons (Fsp3) is 0.167. The Hall–Kier alpha value is -0.900. The summed E-state index contributed by atoms with van der Waals surface area (Å²) in [6.07, 6.45) is -0.858. The lowest BCUT2D eigenvalue weighted by atomic mass is 10.1. The molecule has 0 saturated carbocycles. The summed E-state index contributed by atoms with van der Waals surface area (Å²) in [5.41, 5.74) is 1.39. The van der Waals surface area contributed by atoms with Crippen LogP contribution in [0.3, 0.4) is 0 Å². The van der Waals surface area contributed by atoms with Gasteiger partial charge in [0.1, 0.15) is 11.9 Å². The minimum atomic E-state index is -0.858. The monoisotopic (exact) mass is 256 g/mol. The smallest absolute Gasteiger partial charge is 0.123 e. The number of aryl methyl sites for hydroxylation is 1. The third-order valence-electron chi connectivity index (χ3n) is 2.40. The van der Waals surface area contributed by atoms with E-state index in [0.717, 1.165) is 10.4 Å². The lowest BCUT2D eigenvalue weighted by Crippen LogP contribution is -2.00. The second-order valence-electron chi connectivity index (χ2n) is 3.54. The molecule has 2 aromatic rings. The number of halogens is 2. The van der Waals surface area contributed by atoms with E-state index in [4.69, 9.17) is 11.6 Å². The SMILES string of the molecule is Cc1ccsc1C(O)c1cc(F)ccc1Cl. The Bertz CT molecular complexity index is 509. The minimum absolute atomic E-state index is 0.377. The molecule has 2 rings (SSSR count). The topological polar surface area (TPSA) is 20.2 Å². The van der Waals surface area contributed by atoms with Crippen LogP contribution in [0.2, 0.25) is 5.02 Å². The first-order valence-corrected chi connectivity index (χ1v) is 6.02. The summed E-state index contributed by atoms with van der Waals surface area (Å²) in [7, 11) is 0. The molecule has 0 fully saturated rings. The van der Waals surface area contributed by atoms with Gasteiger partial charge in [-0.3, -0.25) is 0 Å². The predicted molar refractivity (Wildman–Crippen MR) is 64.5 cm³/mol. The van der Waals surface area contributed by atoms with E-state index in [2.05, 4.69) is 0 Å². The largest absolute Gasteiger partial charge is 0.383 e. The van der Waals surface area contributed by atoms with Crippen LogP contribution >= 0.6 is 22.9 Å². The van der Waals surface area contributed by atoms with Gasteiger partial charge in [-0.15, -0.1) is 11.3 Å². The summed E-state index contributed by atoms with van der Waals surface area (Å²) in [6.45, 7) is 1.91. The Kier molecular flexibility index (Phi) is 3.28. The van der Waals surface area contributed by atoms with Crippen LogP contribution in [0.15, 0.2) is 29.6 Å². The molecular formula is C12H10ClFOS. The van der Waals surface area contributed by atoms with Crippen LogP contribution in [-0.2, 0) is 0 Å². The quantitative estimate of drug-likeness (QED) is 0.863. The third kappa shape index (κ3) is 2.12. The summed E-state index contributed by atoms with van der Waals surface area (Å²) in [5, 5.41) is 12.4. The van der Waals surface area contributed by atoms with E-state index in [1.807, 2.05) is 18.4 Å². The van der Waals surface area contributed by atoms with Crippen LogP contribution in [0.4, 0.5) is 4.39 Å². The zero-order chi connectivity index (χ0) is 11.7. The van der Waals surface area contributed by atoms with E-state index in [-0.39, 0.29) is 0 Å². The Balaban J connectivity index is 2.45. The van der Waals surface area contributed by atoms with Crippen molar-refractivity contribution in [2.45, 2.75) is 13.0 Å². The molecule has 0 radical (unpaired) electrons. The highest BCUT2D eigenvalue weighted by molar-refractivity contribution is 7.10. The molecule has 16 heavy (non-hydrogen) atoms. The molecule has 0 aliphatic carbocycles. The van der Waals surface area contributed by atoms with Gasteiger partial charge in [0.15, 0.2) is 0 Å².